The number of hydrogen-bond acceptors (Lipinski definition) is 4. The second-order valence-corrected chi connectivity index (χ2v) is 8.39. The van der Waals surface area contributed by atoms with Crippen molar-refractivity contribution in [3.05, 3.63) is 95.6 Å². The zero-order valence-corrected chi connectivity index (χ0v) is 18.9. The molecule has 0 fully saturated rings. The number of nitrogens with one attached hydrogen (secondary N) is 2. The predicted octanol–water partition coefficient (Wildman–Crippen LogP) is 4.15. The van der Waals surface area contributed by atoms with Gasteiger partial charge < -0.3 is 15.2 Å². The number of aromatic nitrogens is 4. The van der Waals surface area contributed by atoms with Crippen molar-refractivity contribution in [3.8, 4) is 0 Å². The molecule has 166 valence electrons. The lowest BCUT2D eigenvalue weighted by atomic mass is 9.90. The molecule has 3 heterocycles. The van der Waals surface area contributed by atoms with Gasteiger partial charge in [-0.15, -0.1) is 0 Å². The van der Waals surface area contributed by atoms with Gasteiger partial charge in [0, 0.05) is 61.7 Å². The third-order valence-corrected chi connectivity index (χ3v) is 6.07. The molecule has 0 aliphatic heterocycles. The van der Waals surface area contributed by atoms with Gasteiger partial charge >= 0.3 is 0 Å². The maximum absolute atomic E-state index is 13.2. The van der Waals surface area contributed by atoms with Crippen LogP contribution in [0.4, 0.5) is 5.69 Å². The topological polar surface area (TPSA) is 78.3 Å². The molecule has 33 heavy (non-hydrogen) atoms. The van der Waals surface area contributed by atoms with Gasteiger partial charge in [-0.3, -0.25) is 4.79 Å². The summed E-state index contributed by atoms with van der Waals surface area (Å²) in [7, 11) is 4.05. The Hall–Kier alpha value is -4.13. The Balaban J connectivity index is 1.49. The Kier molecular flexibility index (Phi) is 5.30. The molecule has 1 atom stereocenters. The van der Waals surface area contributed by atoms with Crippen LogP contribution < -0.4 is 10.2 Å². The number of H-pyrrole nitrogens is 1. The first-order valence-electron chi connectivity index (χ1n) is 10.9. The normalized spacial score (nSPS) is 12.2. The predicted molar refractivity (Wildman–Crippen MR) is 131 cm³/mol. The molecule has 0 aliphatic rings. The van der Waals surface area contributed by atoms with Gasteiger partial charge in [-0.05, 0) is 42.3 Å². The van der Waals surface area contributed by atoms with E-state index in [1.807, 2.05) is 39.3 Å². The second-order valence-electron chi connectivity index (χ2n) is 8.39. The largest absolute Gasteiger partial charge is 0.378 e. The molecule has 7 nitrogen and oxygen atoms in total. The van der Waals surface area contributed by atoms with Crippen molar-refractivity contribution in [2.75, 3.05) is 25.5 Å². The van der Waals surface area contributed by atoms with Crippen LogP contribution in [0, 0.1) is 6.92 Å². The minimum Gasteiger partial charge on any atom is -0.378 e. The fraction of sp³-hybridized carbons (Fsp3) is 0.192. The standard InChI is InChI=1S/C26H26N6O/c1-17-24(25-27-13-6-14-32(25)30-17)26(33)29-15-21(18-9-11-19(12-10-18)31(2)3)22-16-28-23-8-5-4-7-20(22)23/h4-14,16,21,28H,15H2,1-3H3,(H,29,33). The summed E-state index contributed by atoms with van der Waals surface area (Å²) in [6, 6.07) is 18.5. The molecule has 2 N–H and O–H groups in total. The number of fused-ring (bicyclic) bond motifs is 2. The van der Waals surface area contributed by atoms with Crippen molar-refractivity contribution < 1.29 is 4.79 Å². The van der Waals surface area contributed by atoms with Crippen LogP contribution in [0.25, 0.3) is 16.6 Å². The molecule has 1 unspecified atom stereocenters. The summed E-state index contributed by atoms with van der Waals surface area (Å²) >= 11 is 0. The van der Waals surface area contributed by atoms with Crippen LogP contribution in [0.1, 0.15) is 33.1 Å². The summed E-state index contributed by atoms with van der Waals surface area (Å²) < 4.78 is 1.64. The van der Waals surface area contributed by atoms with Crippen LogP contribution in [0.3, 0.4) is 0 Å². The first kappa shape index (κ1) is 20.8. The maximum atomic E-state index is 13.2. The van der Waals surface area contributed by atoms with E-state index in [4.69, 9.17) is 0 Å². The fourth-order valence-corrected chi connectivity index (χ4v) is 4.34. The van der Waals surface area contributed by atoms with Crippen molar-refractivity contribution >= 4 is 28.1 Å². The average Bonchev–Trinajstić information content (AvgIpc) is 3.40. The van der Waals surface area contributed by atoms with Gasteiger partial charge in [0.15, 0.2) is 5.65 Å². The zero-order valence-electron chi connectivity index (χ0n) is 18.9. The van der Waals surface area contributed by atoms with Crippen molar-refractivity contribution in [2.24, 2.45) is 0 Å². The van der Waals surface area contributed by atoms with E-state index in [0.29, 0.717) is 23.4 Å². The van der Waals surface area contributed by atoms with E-state index in [2.05, 4.69) is 61.7 Å². The number of anilines is 1. The van der Waals surface area contributed by atoms with Crippen LogP contribution in [-0.2, 0) is 0 Å². The van der Waals surface area contributed by atoms with Gasteiger partial charge in [-0.1, -0.05) is 30.3 Å². The lowest BCUT2D eigenvalue weighted by Gasteiger charge is -2.20. The minimum absolute atomic E-state index is 0.0172. The summed E-state index contributed by atoms with van der Waals surface area (Å²) in [5.41, 5.74) is 6.23. The van der Waals surface area contributed by atoms with E-state index in [-0.39, 0.29) is 11.8 Å². The van der Waals surface area contributed by atoms with Crippen LogP contribution in [0.15, 0.2) is 73.2 Å². The van der Waals surface area contributed by atoms with Gasteiger partial charge in [0.1, 0.15) is 5.56 Å². The smallest absolute Gasteiger partial charge is 0.257 e. The number of para-hydroxylation sites is 1. The minimum atomic E-state index is -0.170. The number of rotatable bonds is 6. The van der Waals surface area contributed by atoms with Gasteiger partial charge in [0.2, 0.25) is 0 Å². The number of aryl methyl sites for hydroxylation is 1. The number of carbonyl (C=O) groups is 1. The number of hydrogen-bond donors (Lipinski definition) is 2. The number of carbonyl (C=O) groups excluding carboxylic acids is 1. The molecular formula is C26H26N6O. The van der Waals surface area contributed by atoms with E-state index in [1.165, 1.54) is 0 Å². The SMILES string of the molecule is Cc1nn2cccnc2c1C(=O)NCC(c1ccc(N(C)C)cc1)c1c[nH]c2ccccc12. The van der Waals surface area contributed by atoms with Crippen LogP contribution in [0.5, 0.6) is 0 Å². The monoisotopic (exact) mass is 438 g/mol. The van der Waals surface area contributed by atoms with Crippen molar-refractivity contribution in [3.63, 3.8) is 0 Å². The van der Waals surface area contributed by atoms with Crippen LogP contribution >= 0.6 is 0 Å². The first-order chi connectivity index (χ1) is 16.0. The van der Waals surface area contributed by atoms with E-state index in [1.54, 1.807) is 23.0 Å². The Morgan fingerprint density at radius 2 is 1.91 bits per heavy atom. The molecule has 5 rings (SSSR count). The van der Waals surface area contributed by atoms with Crippen molar-refractivity contribution in [1.82, 2.24) is 24.9 Å². The fourth-order valence-electron chi connectivity index (χ4n) is 4.34. The molecule has 3 aromatic heterocycles. The quantitative estimate of drug-likeness (QED) is 0.418. The van der Waals surface area contributed by atoms with Gasteiger partial charge in [-0.25, -0.2) is 9.50 Å². The molecule has 0 bridgehead atoms. The number of aromatic amines is 1. The molecule has 0 saturated carbocycles. The van der Waals surface area contributed by atoms with E-state index >= 15 is 0 Å². The Bertz CT molecular complexity index is 1430. The second kappa shape index (κ2) is 8.43. The zero-order chi connectivity index (χ0) is 22.9. The Morgan fingerprint density at radius 3 is 2.70 bits per heavy atom. The summed E-state index contributed by atoms with van der Waals surface area (Å²) in [5.74, 6) is -0.188. The molecule has 5 aromatic rings. The van der Waals surface area contributed by atoms with Crippen LogP contribution in [-0.4, -0.2) is 46.1 Å². The lowest BCUT2D eigenvalue weighted by Crippen LogP contribution is -2.29. The average molecular weight is 439 g/mol. The third-order valence-electron chi connectivity index (χ3n) is 6.07. The molecule has 7 heteroatoms. The molecule has 0 saturated heterocycles. The Morgan fingerprint density at radius 1 is 1.12 bits per heavy atom. The first-order valence-corrected chi connectivity index (χ1v) is 10.9. The molecule has 2 aromatic carbocycles. The number of benzene rings is 2. The Labute approximate surface area is 192 Å². The molecule has 0 spiro atoms. The number of amides is 1. The summed E-state index contributed by atoms with van der Waals surface area (Å²) in [5, 5.41) is 8.73. The van der Waals surface area contributed by atoms with E-state index in [9.17, 15) is 4.79 Å². The number of nitrogens with zero attached hydrogens (tertiary/aromatic N) is 4. The van der Waals surface area contributed by atoms with Crippen molar-refractivity contribution in [1.29, 1.82) is 0 Å². The summed E-state index contributed by atoms with van der Waals surface area (Å²) in [6.07, 6.45) is 5.52. The summed E-state index contributed by atoms with van der Waals surface area (Å²) in [6.45, 7) is 2.28. The molecule has 0 aliphatic carbocycles. The highest BCUT2D eigenvalue weighted by Gasteiger charge is 2.22. The highest BCUT2D eigenvalue weighted by molar-refractivity contribution is 6.01. The van der Waals surface area contributed by atoms with Crippen LogP contribution in [0.2, 0.25) is 0 Å². The molecular weight excluding hydrogens is 412 g/mol. The van der Waals surface area contributed by atoms with E-state index in [0.717, 1.165) is 27.7 Å². The highest BCUT2D eigenvalue weighted by Crippen LogP contribution is 2.31. The highest BCUT2D eigenvalue weighted by atomic mass is 16.1. The van der Waals surface area contributed by atoms with Gasteiger partial charge in [-0.2, -0.15) is 5.10 Å². The van der Waals surface area contributed by atoms with E-state index < -0.39 is 0 Å². The summed E-state index contributed by atoms with van der Waals surface area (Å²) in [4.78, 5) is 23.0. The maximum Gasteiger partial charge on any atom is 0.257 e. The van der Waals surface area contributed by atoms with Gasteiger partial charge in [0.25, 0.3) is 5.91 Å². The molecule has 0 radical (unpaired) electrons. The third kappa shape index (κ3) is 3.82. The molecule has 1 amide bonds. The van der Waals surface area contributed by atoms with Crippen molar-refractivity contribution in [2.45, 2.75) is 12.8 Å². The lowest BCUT2D eigenvalue weighted by molar-refractivity contribution is 0.0953. The van der Waals surface area contributed by atoms with Gasteiger partial charge in [0.05, 0.1) is 5.69 Å².